The molecule has 1 N–H and O–H groups in total. The molecular formula is C22H18BrN3O. The highest BCUT2D eigenvalue weighted by Gasteiger charge is 2.25. The Bertz CT molecular complexity index is 1180. The van der Waals surface area contributed by atoms with Crippen LogP contribution in [0.3, 0.4) is 0 Å². The zero-order chi connectivity index (χ0) is 18.4. The van der Waals surface area contributed by atoms with Crippen molar-refractivity contribution in [3.63, 3.8) is 0 Å². The molecule has 0 atom stereocenters. The van der Waals surface area contributed by atoms with Crippen molar-refractivity contribution in [3.05, 3.63) is 76.0 Å². The van der Waals surface area contributed by atoms with Crippen LogP contribution in [-0.2, 0) is 24.2 Å². The Morgan fingerprint density at radius 2 is 2.00 bits per heavy atom. The molecule has 0 saturated carbocycles. The van der Waals surface area contributed by atoms with Crippen LogP contribution in [0.25, 0.3) is 21.8 Å². The number of pyridine rings is 1. The third kappa shape index (κ3) is 2.82. The monoisotopic (exact) mass is 419 g/mol. The van der Waals surface area contributed by atoms with Crippen molar-refractivity contribution in [2.24, 2.45) is 0 Å². The maximum Gasteiger partial charge on any atom is 0.227 e. The van der Waals surface area contributed by atoms with Gasteiger partial charge < -0.3 is 9.88 Å². The number of carbonyl (C=O) groups is 1. The van der Waals surface area contributed by atoms with Crippen molar-refractivity contribution in [1.82, 2.24) is 14.9 Å². The van der Waals surface area contributed by atoms with E-state index in [0.29, 0.717) is 13.0 Å². The molecule has 2 aromatic heterocycles. The highest BCUT2D eigenvalue weighted by molar-refractivity contribution is 9.10. The van der Waals surface area contributed by atoms with Gasteiger partial charge in [0.15, 0.2) is 0 Å². The third-order valence-corrected chi connectivity index (χ3v) is 6.03. The molecule has 134 valence electrons. The van der Waals surface area contributed by atoms with Crippen LogP contribution in [0.4, 0.5) is 0 Å². The lowest BCUT2D eigenvalue weighted by molar-refractivity contribution is -0.131. The largest absolute Gasteiger partial charge is 0.357 e. The number of aromatic amines is 1. The predicted molar refractivity (Wildman–Crippen MR) is 111 cm³/mol. The summed E-state index contributed by atoms with van der Waals surface area (Å²) in [5.74, 6) is 0.156. The fourth-order valence-electron chi connectivity index (χ4n) is 4.00. The van der Waals surface area contributed by atoms with Gasteiger partial charge >= 0.3 is 0 Å². The second kappa shape index (κ2) is 6.50. The molecule has 0 aliphatic carbocycles. The van der Waals surface area contributed by atoms with E-state index in [9.17, 15) is 4.79 Å². The van der Waals surface area contributed by atoms with E-state index in [1.165, 1.54) is 16.6 Å². The molecule has 0 spiro atoms. The first-order chi connectivity index (χ1) is 13.2. The first-order valence-corrected chi connectivity index (χ1v) is 9.88. The summed E-state index contributed by atoms with van der Waals surface area (Å²) in [5, 5.41) is 2.27. The molecule has 5 rings (SSSR count). The summed E-state index contributed by atoms with van der Waals surface area (Å²) in [6, 6.07) is 16.2. The predicted octanol–water partition coefficient (Wildman–Crippen LogP) is 4.61. The fourth-order valence-corrected chi connectivity index (χ4v) is 4.47. The second-order valence-corrected chi connectivity index (χ2v) is 7.83. The number of hydrogen-bond donors (Lipinski definition) is 1. The Morgan fingerprint density at radius 1 is 1.15 bits per heavy atom. The minimum atomic E-state index is 0.156. The van der Waals surface area contributed by atoms with Crippen LogP contribution in [0.2, 0.25) is 0 Å². The van der Waals surface area contributed by atoms with Gasteiger partial charge in [0, 0.05) is 52.2 Å². The number of carbonyl (C=O) groups excluding carboxylic acids is 1. The van der Waals surface area contributed by atoms with E-state index in [1.807, 2.05) is 47.4 Å². The van der Waals surface area contributed by atoms with Crippen molar-refractivity contribution < 1.29 is 4.79 Å². The van der Waals surface area contributed by atoms with Crippen molar-refractivity contribution in [1.29, 1.82) is 0 Å². The number of rotatable bonds is 2. The van der Waals surface area contributed by atoms with Crippen LogP contribution in [0.1, 0.15) is 16.8 Å². The Hall–Kier alpha value is -2.66. The summed E-state index contributed by atoms with van der Waals surface area (Å²) in [7, 11) is 0. The molecule has 0 radical (unpaired) electrons. The second-order valence-electron chi connectivity index (χ2n) is 6.98. The number of benzene rings is 2. The van der Waals surface area contributed by atoms with Crippen molar-refractivity contribution in [3.8, 4) is 0 Å². The topological polar surface area (TPSA) is 49.0 Å². The smallest absolute Gasteiger partial charge is 0.227 e. The van der Waals surface area contributed by atoms with Crippen LogP contribution >= 0.6 is 15.9 Å². The van der Waals surface area contributed by atoms with Gasteiger partial charge in [-0.25, -0.2) is 0 Å². The molecule has 5 heteroatoms. The molecule has 2 aromatic carbocycles. The number of aromatic nitrogens is 2. The first-order valence-electron chi connectivity index (χ1n) is 9.09. The first kappa shape index (κ1) is 16.5. The molecule has 4 aromatic rings. The van der Waals surface area contributed by atoms with Gasteiger partial charge in [-0.15, -0.1) is 0 Å². The molecular weight excluding hydrogens is 402 g/mol. The molecule has 0 saturated heterocycles. The van der Waals surface area contributed by atoms with Gasteiger partial charge in [-0.3, -0.25) is 9.78 Å². The molecule has 1 amide bonds. The number of fused-ring (bicyclic) bond motifs is 4. The number of halogens is 1. The molecule has 1 aliphatic heterocycles. The average Bonchev–Trinajstić information content (AvgIpc) is 3.08. The lowest BCUT2D eigenvalue weighted by Crippen LogP contribution is -2.36. The van der Waals surface area contributed by atoms with E-state index in [4.69, 9.17) is 0 Å². The highest BCUT2D eigenvalue weighted by Crippen LogP contribution is 2.32. The number of para-hydroxylation sites is 2. The number of hydrogen-bond acceptors (Lipinski definition) is 2. The van der Waals surface area contributed by atoms with Crippen molar-refractivity contribution in [2.75, 3.05) is 6.54 Å². The Morgan fingerprint density at radius 3 is 2.93 bits per heavy atom. The van der Waals surface area contributed by atoms with Crippen molar-refractivity contribution in [2.45, 2.75) is 19.4 Å². The Kier molecular flexibility index (Phi) is 3.97. The summed E-state index contributed by atoms with van der Waals surface area (Å²) < 4.78 is 1.06. The molecule has 4 nitrogen and oxygen atoms in total. The van der Waals surface area contributed by atoms with E-state index >= 15 is 0 Å². The number of amides is 1. The number of nitrogens with zero attached hydrogens (tertiary/aromatic N) is 2. The summed E-state index contributed by atoms with van der Waals surface area (Å²) in [4.78, 5) is 23.0. The minimum Gasteiger partial charge on any atom is -0.357 e. The molecule has 0 bridgehead atoms. The normalized spacial score (nSPS) is 13.9. The molecule has 3 heterocycles. The maximum atomic E-state index is 13.0. The van der Waals surface area contributed by atoms with Crippen LogP contribution in [0.15, 0.2) is 59.2 Å². The lowest BCUT2D eigenvalue weighted by Gasteiger charge is -2.27. The summed E-state index contributed by atoms with van der Waals surface area (Å²) in [6.45, 7) is 1.40. The SMILES string of the molecule is O=C(Cc1cccc2cccnc12)N1CCc2[nH]c3c(Br)cccc3c2C1. The van der Waals surface area contributed by atoms with Gasteiger partial charge in [0.2, 0.25) is 5.91 Å². The van der Waals surface area contributed by atoms with Gasteiger partial charge in [0.1, 0.15) is 0 Å². The quantitative estimate of drug-likeness (QED) is 0.515. The van der Waals surface area contributed by atoms with Gasteiger partial charge in [0.25, 0.3) is 0 Å². The van der Waals surface area contributed by atoms with Gasteiger partial charge in [-0.2, -0.15) is 0 Å². The van der Waals surface area contributed by atoms with E-state index in [-0.39, 0.29) is 5.91 Å². The summed E-state index contributed by atoms with van der Waals surface area (Å²) in [6.07, 6.45) is 3.03. The lowest BCUT2D eigenvalue weighted by atomic mass is 10.0. The zero-order valence-electron chi connectivity index (χ0n) is 14.7. The van der Waals surface area contributed by atoms with Gasteiger partial charge in [-0.05, 0) is 33.6 Å². The molecule has 0 fully saturated rings. The minimum absolute atomic E-state index is 0.156. The molecule has 1 aliphatic rings. The standard InChI is InChI=1S/C22H18BrN3O/c23-18-8-2-7-16-17-13-26(11-9-19(17)25-22(16)18)20(27)12-15-5-1-4-14-6-3-10-24-21(14)15/h1-8,10,25H,9,11-13H2. The molecule has 0 unspecified atom stereocenters. The Labute approximate surface area is 165 Å². The fraction of sp³-hybridized carbons (Fsp3) is 0.182. The zero-order valence-corrected chi connectivity index (χ0v) is 16.3. The molecule has 27 heavy (non-hydrogen) atoms. The van der Waals surface area contributed by atoms with Crippen LogP contribution in [0, 0.1) is 0 Å². The van der Waals surface area contributed by atoms with E-state index in [0.717, 1.165) is 39.4 Å². The number of H-pyrrole nitrogens is 1. The highest BCUT2D eigenvalue weighted by atomic mass is 79.9. The van der Waals surface area contributed by atoms with Gasteiger partial charge in [-0.1, -0.05) is 36.4 Å². The van der Waals surface area contributed by atoms with Crippen LogP contribution in [-0.4, -0.2) is 27.3 Å². The van der Waals surface area contributed by atoms with Gasteiger partial charge in [0.05, 0.1) is 17.5 Å². The van der Waals surface area contributed by atoms with Crippen LogP contribution in [0.5, 0.6) is 0 Å². The third-order valence-electron chi connectivity index (χ3n) is 5.37. The number of nitrogens with one attached hydrogen (secondary N) is 1. The maximum absolute atomic E-state index is 13.0. The Balaban J connectivity index is 1.44. The van der Waals surface area contributed by atoms with E-state index < -0.39 is 0 Å². The van der Waals surface area contributed by atoms with Crippen molar-refractivity contribution >= 4 is 43.6 Å². The van der Waals surface area contributed by atoms with E-state index in [1.54, 1.807) is 6.20 Å². The summed E-state index contributed by atoms with van der Waals surface area (Å²) >= 11 is 3.62. The van der Waals surface area contributed by atoms with Crippen LogP contribution < -0.4 is 0 Å². The van der Waals surface area contributed by atoms with E-state index in [2.05, 4.69) is 32.0 Å². The average molecular weight is 420 g/mol. The summed E-state index contributed by atoms with van der Waals surface area (Å²) in [5.41, 5.74) is 5.51.